The third kappa shape index (κ3) is 3.65. The summed E-state index contributed by atoms with van der Waals surface area (Å²) in [5, 5.41) is 0.281. The average Bonchev–Trinajstić information content (AvgIpc) is 1.62. The van der Waals surface area contributed by atoms with E-state index < -0.39 is 0 Å². The summed E-state index contributed by atoms with van der Waals surface area (Å²) in [7, 11) is -0.250. The molecule has 9 heavy (non-hydrogen) atoms. The van der Waals surface area contributed by atoms with Crippen molar-refractivity contribution in [2.24, 2.45) is 0 Å². The fourth-order valence-electron chi connectivity index (χ4n) is 0.293. The molecule has 0 bridgehead atoms. The molecular formula is C6H13Cl2P. The molecule has 0 aliphatic heterocycles. The fourth-order valence-corrected chi connectivity index (χ4v) is 2.63. The predicted molar refractivity (Wildman–Crippen MR) is 48.1 cm³/mol. The SMILES string of the molecule is CP(C(Cl)Cl)C(C)(C)C. The second kappa shape index (κ2) is 3.42. The number of alkyl halides is 2. The molecule has 3 heteroatoms. The molecule has 0 amide bonds. The van der Waals surface area contributed by atoms with Gasteiger partial charge in [-0.1, -0.05) is 28.7 Å². The number of halogens is 2. The van der Waals surface area contributed by atoms with Crippen LogP contribution in [0.5, 0.6) is 0 Å². The minimum Gasteiger partial charge on any atom is -0.100 e. The smallest absolute Gasteiger partial charge is 0.100 e. The van der Waals surface area contributed by atoms with Crippen molar-refractivity contribution in [2.75, 3.05) is 6.66 Å². The van der Waals surface area contributed by atoms with Crippen molar-refractivity contribution in [2.45, 2.75) is 30.5 Å². The van der Waals surface area contributed by atoms with E-state index in [1.165, 1.54) is 0 Å². The minimum absolute atomic E-state index is 0.181. The zero-order valence-corrected chi connectivity index (χ0v) is 8.69. The molecule has 0 aromatic heterocycles. The van der Waals surface area contributed by atoms with Gasteiger partial charge in [0.1, 0.15) is 4.58 Å². The van der Waals surface area contributed by atoms with Gasteiger partial charge < -0.3 is 0 Å². The van der Waals surface area contributed by atoms with Crippen molar-refractivity contribution in [3.8, 4) is 0 Å². The average molecular weight is 187 g/mol. The molecule has 0 spiro atoms. The molecule has 0 aromatic rings. The van der Waals surface area contributed by atoms with E-state index in [-0.39, 0.29) is 17.7 Å². The molecular weight excluding hydrogens is 174 g/mol. The largest absolute Gasteiger partial charge is 0.126 e. The van der Waals surface area contributed by atoms with Gasteiger partial charge in [0.2, 0.25) is 0 Å². The summed E-state index contributed by atoms with van der Waals surface area (Å²) in [4.78, 5) is 0. The van der Waals surface area contributed by atoms with Gasteiger partial charge in [0, 0.05) is 0 Å². The van der Waals surface area contributed by atoms with Crippen molar-refractivity contribution in [1.82, 2.24) is 0 Å². The van der Waals surface area contributed by atoms with Gasteiger partial charge in [0.25, 0.3) is 0 Å². The molecule has 0 saturated carbocycles. The third-order valence-electron chi connectivity index (χ3n) is 1.35. The summed E-state index contributed by atoms with van der Waals surface area (Å²) in [6.45, 7) is 8.61. The van der Waals surface area contributed by atoms with Crippen LogP contribution in [0.1, 0.15) is 20.8 Å². The van der Waals surface area contributed by atoms with E-state index in [1.807, 2.05) is 0 Å². The first-order chi connectivity index (χ1) is 3.85. The lowest BCUT2D eigenvalue weighted by atomic mass is 10.3. The molecule has 1 unspecified atom stereocenters. The first-order valence-corrected chi connectivity index (χ1v) is 5.60. The zero-order chi connectivity index (χ0) is 7.65. The molecule has 0 radical (unpaired) electrons. The fraction of sp³-hybridized carbons (Fsp3) is 1.00. The molecule has 0 heterocycles. The van der Waals surface area contributed by atoms with Gasteiger partial charge in [0.15, 0.2) is 0 Å². The van der Waals surface area contributed by atoms with E-state index in [4.69, 9.17) is 23.2 Å². The van der Waals surface area contributed by atoms with Crippen LogP contribution in [-0.2, 0) is 0 Å². The molecule has 0 nitrogen and oxygen atoms in total. The Hall–Kier alpha value is 1.01. The van der Waals surface area contributed by atoms with E-state index in [9.17, 15) is 0 Å². The van der Waals surface area contributed by atoms with E-state index in [2.05, 4.69) is 27.4 Å². The molecule has 0 saturated heterocycles. The Kier molecular flexibility index (Phi) is 3.80. The predicted octanol–water partition coefficient (Wildman–Crippen LogP) is 3.66. The summed E-state index contributed by atoms with van der Waals surface area (Å²) in [5.41, 5.74) is 0. The minimum atomic E-state index is -0.250. The number of rotatable bonds is 1. The molecule has 0 aromatic carbocycles. The van der Waals surface area contributed by atoms with Crippen LogP contribution in [0, 0.1) is 0 Å². The van der Waals surface area contributed by atoms with E-state index >= 15 is 0 Å². The molecule has 56 valence electrons. The second-order valence-corrected chi connectivity index (χ2v) is 7.84. The number of hydrogen-bond acceptors (Lipinski definition) is 0. The third-order valence-corrected chi connectivity index (χ3v) is 5.81. The molecule has 0 N–H and O–H groups in total. The summed E-state index contributed by atoms with van der Waals surface area (Å²) >= 11 is 11.4. The Morgan fingerprint density at radius 3 is 1.56 bits per heavy atom. The Balaban J connectivity index is 3.88. The molecule has 0 aliphatic carbocycles. The standard InChI is InChI=1S/C6H13Cl2P/c1-6(2,3)9(4)5(7)8/h5H,1-4H3. The maximum Gasteiger partial charge on any atom is 0.126 e. The highest BCUT2D eigenvalue weighted by Crippen LogP contribution is 2.53. The van der Waals surface area contributed by atoms with Crippen LogP contribution in [0.3, 0.4) is 0 Å². The van der Waals surface area contributed by atoms with Crippen molar-refractivity contribution in [3.63, 3.8) is 0 Å². The number of hydrogen-bond donors (Lipinski definition) is 0. The van der Waals surface area contributed by atoms with Crippen LogP contribution >= 0.6 is 31.1 Å². The highest BCUT2D eigenvalue weighted by molar-refractivity contribution is 7.62. The normalized spacial score (nSPS) is 16.3. The lowest BCUT2D eigenvalue weighted by molar-refractivity contribution is 0.786. The highest BCUT2D eigenvalue weighted by atomic mass is 35.5. The van der Waals surface area contributed by atoms with Gasteiger partial charge in [-0.05, 0) is 11.8 Å². The Morgan fingerprint density at radius 2 is 1.56 bits per heavy atom. The lowest BCUT2D eigenvalue weighted by Gasteiger charge is -2.28. The molecule has 0 fully saturated rings. The van der Waals surface area contributed by atoms with Crippen molar-refractivity contribution in [3.05, 3.63) is 0 Å². The van der Waals surface area contributed by atoms with Crippen LogP contribution in [0.4, 0.5) is 0 Å². The van der Waals surface area contributed by atoms with Crippen molar-refractivity contribution < 1.29 is 0 Å². The van der Waals surface area contributed by atoms with Crippen LogP contribution in [-0.4, -0.2) is 16.4 Å². The van der Waals surface area contributed by atoms with Crippen molar-refractivity contribution in [1.29, 1.82) is 0 Å². The van der Waals surface area contributed by atoms with Crippen molar-refractivity contribution >= 4 is 31.1 Å². The second-order valence-electron chi connectivity index (χ2n) is 3.06. The van der Waals surface area contributed by atoms with Crippen LogP contribution in [0.25, 0.3) is 0 Å². The van der Waals surface area contributed by atoms with Gasteiger partial charge >= 0.3 is 0 Å². The van der Waals surface area contributed by atoms with Gasteiger partial charge in [-0.3, -0.25) is 0 Å². The van der Waals surface area contributed by atoms with Gasteiger partial charge in [0.05, 0.1) is 0 Å². The monoisotopic (exact) mass is 186 g/mol. The molecule has 0 aliphatic rings. The Morgan fingerprint density at radius 1 is 1.22 bits per heavy atom. The summed E-state index contributed by atoms with van der Waals surface area (Å²) in [6.07, 6.45) is 0. The summed E-state index contributed by atoms with van der Waals surface area (Å²) < 4.78 is -0.181. The van der Waals surface area contributed by atoms with Gasteiger partial charge in [-0.15, -0.1) is 23.2 Å². The zero-order valence-electron chi connectivity index (χ0n) is 6.28. The first-order valence-electron chi connectivity index (χ1n) is 2.87. The van der Waals surface area contributed by atoms with E-state index in [1.54, 1.807) is 0 Å². The topological polar surface area (TPSA) is 0 Å². The van der Waals surface area contributed by atoms with Gasteiger partial charge in [-0.25, -0.2) is 0 Å². The summed E-state index contributed by atoms with van der Waals surface area (Å²) in [5.74, 6) is 0. The lowest BCUT2D eigenvalue weighted by Crippen LogP contribution is -2.13. The van der Waals surface area contributed by atoms with E-state index in [0.29, 0.717) is 0 Å². The summed E-state index contributed by atoms with van der Waals surface area (Å²) in [6, 6.07) is 0. The van der Waals surface area contributed by atoms with Gasteiger partial charge in [-0.2, -0.15) is 0 Å². The van der Waals surface area contributed by atoms with E-state index in [0.717, 1.165) is 0 Å². The van der Waals surface area contributed by atoms with Crippen LogP contribution in [0.2, 0.25) is 0 Å². The van der Waals surface area contributed by atoms with Crippen LogP contribution in [0.15, 0.2) is 0 Å². The highest BCUT2D eigenvalue weighted by Gasteiger charge is 2.24. The molecule has 0 rings (SSSR count). The Labute approximate surface area is 68.7 Å². The molecule has 1 atom stereocenters. The first kappa shape index (κ1) is 10.0. The maximum atomic E-state index is 5.71. The quantitative estimate of drug-likeness (QED) is 0.434. The van der Waals surface area contributed by atoms with Crippen LogP contribution < -0.4 is 0 Å². The maximum absolute atomic E-state index is 5.71. The Bertz CT molecular complexity index is 85.5.